The maximum absolute atomic E-state index is 12.0. The van der Waals surface area contributed by atoms with Gasteiger partial charge in [-0.15, -0.1) is 0 Å². The lowest BCUT2D eigenvalue weighted by Gasteiger charge is -2.28. The van der Waals surface area contributed by atoms with Crippen LogP contribution in [0.5, 0.6) is 0 Å². The van der Waals surface area contributed by atoms with Gasteiger partial charge >= 0.3 is 6.09 Å². The van der Waals surface area contributed by atoms with Crippen LogP contribution in [0.4, 0.5) is 4.79 Å². The number of rotatable bonds is 2. The van der Waals surface area contributed by atoms with Crippen LogP contribution in [0, 0.1) is 5.92 Å². The van der Waals surface area contributed by atoms with Crippen molar-refractivity contribution in [2.24, 2.45) is 5.92 Å². The summed E-state index contributed by atoms with van der Waals surface area (Å²) >= 11 is 0. The number of hydrogen-bond acceptors (Lipinski definition) is 3. The molecule has 0 bridgehead atoms. The van der Waals surface area contributed by atoms with Gasteiger partial charge in [0.15, 0.2) is 0 Å². The fourth-order valence-corrected chi connectivity index (χ4v) is 2.09. The molecule has 1 heterocycles. The standard InChI is InChI=1S/C13H25NO3/c1-13(2,3)17-12(15)14-8-6-5-7-11(9-14)10-16-4/h11H,5-10H2,1-4H3. The van der Waals surface area contributed by atoms with Crippen LogP contribution in [-0.2, 0) is 9.47 Å². The zero-order valence-corrected chi connectivity index (χ0v) is 11.5. The van der Waals surface area contributed by atoms with Gasteiger partial charge in [0.05, 0.1) is 6.61 Å². The summed E-state index contributed by atoms with van der Waals surface area (Å²) in [4.78, 5) is 13.8. The molecule has 0 aromatic rings. The van der Waals surface area contributed by atoms with Gasteiger partial charge in [-0.05, 0) is 39.5 Å². The molecule has 1 rings (SSSR count). The summed E-state index contributed by atoms with van der Waals surface area (Å²) in [7, 11) is 1.71. The predicted molar refractivity (Wildman–Crippen MR) is 67.0 cm³/mol. The Balaban J connectivity index is 2.53. The van der Waals surface area contributed by atoms with Crippen molar-refractivity contribution in [3.05, 3.63) is 0 Å². The molecule has 1 aliphatic heterocycles. The highest BCUT2D eigenvalue weighted by Gasteiger charge is 2.26. The Labute approximate surface area is 104 Å². The highest BCUT2D eigenvalue weighted by Crippen LogP contribution is 2.19. The SMILES string of the molecule is COCC1CCCCN(C(=O)OC(C)(C)C)C1. The lowest BCUT2D eigenvalue weighted by Crippen LogP contribution is -2.39. The van der Waals surface area contributed by atoms with Gasteiger partial charge < -0.3 is 14.4 Å². The van der Waals surface area contributed by atoms with Gasteiger partial charge in [0.1, 0.15) is 5.60 Å². The molecular weight excluding hydrogens is 218 g/mol. The summed E-state index contributed by atoms with van der Waals surface area (Å²) in [5, 5.41) is 0. The van der Waals surface area contributed by atoms with Crippen LogP contribution in [-0.4, -0.2) is 43.4 Å². The number of methoxy groups -OCH3 is 1. The molecule has 1 atom stereocenters. The Morgan fingerprint density at radius 1 is 1.35 bits per heavy atom. The van der Waals surface area contributed by atoms with Gasteiger partial charge in [0, 0.05) is 20.2 Å². The van der Waals surface area contributed by atoms with Gasteiger partial charge in [-0.25, -0.2) is 4.79 Å². The molecule has 1 aliphatic rings. The van der Waals surface area contributed by atoms with E-state index in [1.807, 2.05) is 25.7 Å². The molecule has 1 saturated heterocycles. The van der Waals surface area contributed by atoms with Crippen LogP contribution in [0.3, 0.4) is 0 Å². The second kappa shape index (κ2) is 6.24. The molecule has 0 N–H and O–H groups in total. The maximum Gasteiger partial charge on any atom is 0.410 e. The third kappa shape index (κ3) is 5.39. The molecule has 0 saturated carbocycles. The molecule has 17 heavy (non-hydrogen) atoms. The third-order valence-electron chi connectivity index (χ3n) is 2.82. The van der Waals surface area contributed by atoms with Gasteiger partial charge in [-0.3, -0.25) is 0 Å². The largest absolute Gasteiger partial charge is 0.444 e. The fourth-order valence-electron chi connectivity index (χ4n) is 2.09. The number of carbonyl (C=O) groups is 1. The van der Waals surface area contributed by atoms with Crippen molar-refractivity contribution in [3.63, 3.8) is 0 Å². The molecule has 4 heteroatoms. The minimum atomic E-state index is -0.417. The average Bonchev–Trinajstić information content (AvgIpc) is 2.41. The van der Waals surface area contributed by atoms with Gasteiger partial charge in [-0.1, -0.05) is 6.42 Å². The minimum absolute atomic E-state index is 0.194. The second-order valence-corrected chi connectivity index (χ2v) is 5.74. The van der Waals surface area contributed by atoms with Crippen LogP contribution in [0.15, 0.2) is 0 Å². The second-order valence-electron chi connectivity index (χ2n) is 5.74. The van der Waals surface area contributed by atoms with E-state index in [0.29, 0.717) is 5.92 Å². The Bertz CT molecular complexity index is 248. The highest BCUT2D eigenvalue weighted by atomic mass is 16.6. The molecule has 1 unspecified atom stereocenters. The van der Waals surface area contributed by atoms with E-state index in [-0.39, 0.29) is 6.09 Å². The monoisotopic (exact) mass is 243 g/mol. The third-order valence-corrected chi connectivity index (χ3v) is 2.82. The lowest BCUT2D eigenvalue weighted by atomic mass is 10.1. The molecule has 0 aromatic heterocycles. The quantitative estimate of drug-likeness (QED) is 0.748. The van der Waals surface area contributed by atoms with Crippen molar-refractivity contribution in [1.82, 2.24) is 4.90 Å². The minimum Gasteiger partial charge on any atom is -0.444 e. The van der Waals surface area contributed by atoms with Crippen LogP contribution in [0.25, 0.3) is 0 Å². The van der Waals surface area contributed by atoms with Crippen molar-refractivity contribution in [2.45, 2.75) is 45.6 Å². The van der Waals surface area contributed by atoms with E-state index in [9.17, 15) is 4.79 Å². The molecule has 0 aromatic carbocycles. The zero-order valence-electron chi connectivity index (χ0n) is 11.5. The molecule has 0 aliphatic carbocycles. The number of amides is 1. The van der Waals surface area contributed by atoms with E-state index in [1.54, 1.807) is 7.11 Å². The van der Waals surface area contributed by atoms with Crippen molar-refractivity contribution in [3.8, 4) is 0 Å². The molecule has 4 nitrogen and oxygen atoms in total. The van der Waals surface area contributed by atoms with Crippen LogP contribution in [0.1, 0.15) is 40.0 Å². The predicted octanol–water partition coefficient (Wildman–Crippen LogP) is 2.67. The van der Waals surface area contributed by atoms with E-state index in [4.69, 9.17) is 9.47 Å². The highest BCUT2D eigenvalue weighted by molar-refractivity contribution is 5.68. The molecule has 0 spiro atoms. The number of hydrogen-bond donors (Lipinski definition) is 0. The summed E-state index contributed by atoms with van der Waals surface area (Å²) in [5.41, 5.74) is -0.417. The smallest absolute Gasteiger partial charge is 0.410 e. The molecule has 1 amide bonds. The first kappa shape index (κ1) is 14.3. The fraction of sp³-hybridized carbons (Fsp3) is 0.923. The van der Waals surface area contributed by atoms with E-state index < -0.39 is 5.60 Å². The topological polar surface area (TPSA) is 38.8 Å². The number of ether oxygens (including phenoxy) is 2. The summed E-state index contributed by atoms with van der Waals surface area (Å²) in [6.07, 6.45) is 3.15. The molecule has 0 radical (unpaired) electrons. The average molecular weight is 243 g/mol. The summed E-state index contributed by atoms with van der Waals surface area (Å²) in [6, 6.07) is 0. The van der Waals surface area contributed by atoms with Gasteiger partial charge in [0.2, 0.25) is 0 Å². The molecule has 100 valence electrons. The van der Waals surface area contributed by atoms with Crippen LogP contribution in [0.2, 0.25) is 0 Å². The summed E-state index contributed by atoms with van der Waals surface area (Å²) in [6.45, 7) is 7.97. The van der Waals surface area contributed by atoms with Crippen LogP contribution < -0.4 is 0 Å². The zero-order chi connectivity index (χ0) is 12.9. The molecular formula is C13H25NO3. The van der Waals surface area contributed by atoms with E-state index in [2.05, 4.69) is 0 Å². The lowest BCUT2D eigenvalue weighted by molar-refractivity contribution is 0.0207. The Kier molecular flexibility index (Phi) is 5.25. The Morgan fingerprint density at radius 3 is 2.65 bits per heavy atom. The Morgan fingerprint density at radius 2 is 2.06 bits per heavy atom. The normalized spacial score (nSPS) is 22.1. The van der Waals surface area contributed by atoms with E-state index in [1.165, 1.54) is 0 Å². The number of likely N-dealkylation sites (tertiary alicyclic amines) is 1. The van der Waals surface area contributed by atoms with Crippen LogP contribution >= 0.6 is 0 Å². The summed E-state index contributed by atoms with van der Waals surface area (Å²) in [5.74, 6) is 0.440. The van der Waals surface area contributed by atoms with Crippen molar-refractivity contribution in [2.75, 3.05) is 26.8 Å². The van der Waals surface area contributed by atoms with Gasteiger partial charge in [-0.2, -0.15) is 0 Å². The number of carbonyl (C=O) groups excluding carboxylic acids is 1. The van der Waals surface area contributed by atoms with Gasteiger partial charge in [0.25, 0.3) is 0 Å². The Hall–Kier alpha value is -0.770. The maximum atomic E-state index is 12.0. The first-order valence-corrected chi connectivity index (χ1v) is 6.39. The van der Waals surface area contributed by atoms with Crippen molar-refractivity contribution < 1.29 is 14.3 Å². The summed E-state index contributed by atoms with van der Waals surface area (Å²) < 4.78 is 10.6. The van der Waals surface area contributed by atoms with Crippen molar-refractivity contribution >= 4 is 6.09 Å². The van der Waals surface area contributed by atoms with Crippen molar-refractivity contribution in [1.29, 1.82) is 0 Å². The first-order valence-electron chi connectivity index (χ1n) is 6.39. The number of nitrogens with zero attached hydrogens (tertiary/aromatic N) is 1. The first-order chi connectivity index (χ1) is 7.92. The molecule has 1 fully saturated rings. The van der Waals surface area contributed by atoms with E-state index in [0.717, 1.165) is 39.0 Å². The van der Waals surface area contributed by atoms with E-state index >= 15 is 0 Å².